The highest BCUT2D eigenvalue weighted by atomic mass is 16.5. The minimum Gasteiger partial charge on any atom is -0.619 e. The number of aromatic nitrogens is 4. The van der Waals surface area contributed by atoms with Crippen molar-refractivity contribution in [2.75, 3.05) is 0 Å². The van der Waals surface area contributed by atoms with Gasteiger partial charge in [-0.3, -0.25) is 4.98 Å². The summed E-state index contributed by atoms with van der Waals surface area (Å²) in [4.78, 5) is 4.87. The average Bonchev–Trinajstić information content (AvgIpc) is 3.62. The van der Waals surface area contributed by atoms with Crippen molar-refractivity contribution in [2.45, 2.75) is 0 Å². The molecule has 9 aromatic rings. The summed E-state index contributed by atoms with van der Waals surface area (Å²) in [5, 5.41) is 7.35. The summed E-state index contributed by atoms with van der Waals surface area (Å²) in [7, 11) is 0. The van der Waals surface area contributed by atoms with Gasteiger partial charge in [-0.15, -0.1) is 0 Å². The zero-order valence-corrected chi connectivity index (χ0v) is 23.6. The van der Waals surface area contributed by atoms with Crippen molar-refractivity contribution in [3.63, 3.8) is 0 Å². The molecule has 3 aromatic heterocycles. The van der Waals surface area contributed by atoms with E-state index in [0.717, 1.165) is 39.3 Å². The van der Waals surface area contributed by atoms with E-state index < -0.39 is 6.75 Å². The molecule has 6 aromatic carbocycles. The molecule has 44 heavy (non-hydrogen) atoms. The minimum atomic E-state index is -2.20. The molecule has 0 bridgehead atoms. The Morgan fingerprint density at radius 1 is 0.523 bits per heavy atom. The van der Waals surface area contributed by atoms with E-state index in [4.69, 9.17) is 9.64 Å². The summed E-state index contributed by atoms with van der Waals surface area (Å²) >= 11 is 0. The van der Waals surface area contributed by atoms with Gasteiger partial charge in [0.2, 0.25) is 0 Å². The SMILES string of the molecule is c1ccc(O[B-]23n4c5ccccc5c5cccc(c54)-c4cncc([n+]42)-c2cccc4c5c6ccccc6ccc5n3c24)cc1. The predicted octanol–water partition coefficient (Wildman–Crippen LogP) is 8.16. The van der Waals surface area contributed by atoms with Crippen LogP contribution in [0.3, 0.4) is 0 Å². The van der Waals surface area contributed by atoms with Gasteiger partial charge in [0.25, 0.3) is 0 Å². The molecule has 0 aliphatic carbocycles. The van der Waals surface area contributed by atoms with Gasteiger partial charge in [0.15, 0.2) is 11.4 Å². The van der Waals surface area contributed by atoms with E-state index in [-0.39, 0.29) is 0 Å². The van der Waals surface area contributed by atoms with Crippen LogP contribution in [0.25, 0.3) is 76.9 Å². The van der Waals surface area contributed by atoms with Gasteiger partial charge < -0.3 is 18.1 Å². The Morgan fingerprint density at radius 3 is 1.98 bits per heavy atom. The van der Waals surface area contributed by atoms with Crippen LogP contribution in [0.1, 0.15) is 0 Å². The Morgan fingerprint density at radius 2 is 1.16 bits per heavy atom. The summed E-state index contributed by atoms with van der Waals surface area (Å²) in [5.41, 5.74) is 9.01. The van der Waals surface area contributed by atoms with E-state index in [1.54, 1.807) is 0 Å². The highest BCUT2D eigenvalue weighted by Gasteiger charge is 2.58. The van der Waals surface area contributed by atoms with E-state index >= 15 is 0 Å². The third-order valence-corrected chi connectivity index (χ3v) is 9.95. The zero-order valence-electron chi connectivity index (χ0n) is 23.6. The number of fused-ring (bicyclic) bond motifs is 12. The van der Waals surface area contributed by atoms with Crippen molar-refractivity contribution in [3.8, 4) is 28.3 Å². The van der Waals surface area contributed by atoms with Gasteiger partial charge in [0.05, 0.1) is 29.3 Å². The molecule has 6 heteroatoms. The summed E-state index contributed by atoms with van der Waals surface area (Å²) in [6, 6.07) is 45.6. The molecule has 1 atom stereocenters. The normalized spacial score (nSPS) is 16.3. The smallest absolute Gasteiger partial charge is 0.619 e. The number of rotatable bonds is 2. The molecule has 0 saturated carbocycles. The molecule has 0 spiro atoms. The fourth-order valence-electron chi connectivity index (χ4n) is 8.41. The van der Waals surface area contributed by atoms with E-state index in [9.17, 15) is 0 Å². The third-order valence-electron chi connectivity index (χ3n) is 9.95. The standard InChI is InChI=1S/C38H23BN4O/c1-2-11-25(12-3-1)44-39-41-34(29-16-8-15-28-27-14-6-7-19-32(27)42(39)37(28)29)22-40-23-35(41)30-17-9-18-31-36-26-13-5-4-10-24(26)20-21-33(36)43(39)38(30)31/h1-23H. The number of hydrogen-bond acceptors (Lipinski definition) is 2. The number of hydrogen-bond donors (Lipinski definition) is 0. The summed E-state index contributed by atoms with van der Waals surface area (Å²) in [6.07, 6.45) is 4.02. The van der Waals surface area contributed by atoms with Gasteiger partial charge >= 0.3 is 6.75 Å². The summed E-state index contributed by atoms with van der Waals surface area (Å²) < 4.78 is 15.1. The lowest BCUT2D eigenvalue weighted by Crippen LogP contribution is -2.81. The van der Waals surface area contributed by atoms with Crippen molar-refractivity contribution in [1.82, 2.24) is 13.9 Å². The largest absolute Gasteiger partial charge is 0.687 e. The quantitative estimate of drug-likeness (QED) is 0.199. The first-order chi connectivity index (χ1) is 21.8. The second-order valence-corrected chi connectivity index (χ2v) is 12.0. The molecular formula is C38H23BN4O. The molecular weight excluding hydrogens is 539 g/mol. The van der Waals surface area contributed by atoms with Gasteiger partial charge in [-0.2, -0.15) is 0 Å². The fraction of sp³-hybridized carbons (Fsp3) is 0. The molecule has 2 aliphatic rings. The molecule has 5 heterocycles. The molecule has 0 saturated heterocycles. The summed E-state index contributed by atoms with van der Waals surface area (Å²) in [5.74, 6) is 0.814. The van der Waals surface area contributed by atoms with Crippen molar-refractivity contribution in [3.05, 3.63) is 140 Å². The maximum Gasteiger partial charge on any atom is 0.687 e. The van der Waals surface area contributed by atoms with Crippen LogP contribution in [0.15, 0.2) is 140 Å². The summed E-state index contributed by atoms with van der Waals surface area (Å²) in [6.45, 7) is -2.20. The van der Waals surface area contributed by atoms with Crippen LogP contribution in [0.4, 0.5) is 0 Å². The fourth-order valence-corrected chi connectivity index (χ4v) is 8.41. The lowest BCUT2D eigenvalue weighted by Gasteiger charge is -2.45. The lowest BCUT2D eigenvalue weighted by molar-refractivity contribution is -0.542. The molecule has 2 aliphatic heterocycles. The van der Waals surface area contributed by atoms with E-state index in [0.29, 0.717) is 0 Å². The van der Waals surface area contributed by atoms with Crippen molar-refractivity contribution >= 4 is 61.1 Å². The highest BCUT2D eigenvalue weighted by Crippen LogP contribution is 2.48. The zero-order chi connectivity index (χ0) is 28.6. The number of benzene rings is 6. The van der Waals surface area contributed by atoms with Gasteiger partial charge in [0.1, 0.15) is 0 Å². The number of para-hydroxylation sites is 4. The van der Waals surface area contributed by atoms with Gasteiger partial charge in [0, 0.05) is 43.6 Å². The first-order valence-electron chi connectivity index (χ1n) is 15.1. The Bertz CT molecular complexity index is 2710. The van der Waals surface area contributed by atoms with Crippen molar-refractivity contribution < 1.29 is 9.13 Å². The van der Waals surface area contributed by atoms with E-state index in [1.165, 1.54) is 43.4 Å². The monoisotopic (exact) mass is 562 g/mol. The van der Waals surface area contributed by atoms with E-state index in [1.807, 2.05) is 18.5 Å². The molecule has 11 rings (SSSR count). The molecule has 0 N–H and O–H groups in total. The van der Waals surface area contributed by atoms with Crippen LogP contribution in [-0.4, -0.2) is 20.7 Å². The van der Waals surface area contributed by atoms with Crippen LogP contribution in [0, 0.1) is 0 Å². The van der Waals surface area contributed by atoms with E-state index in [2.05, 4.69) is 135 Å². The second-order valence-electron chi connectivity index (χ2n) is 12.0. The Labute approximate surface area is 251 Å². The maximum atomic E-state index is 7.61. The first kappa shape index (κ1) is 22.7. The Kier molecular flexibility index (Phi) is 3.99. The molecule has 204 valence electrons. The molecule has 1 unspecified atom stereocenters. The van der Waals surface area contributed by atoms with Crippen LogP contribution in [0.5, 0.6) is 5.75 Å². The van der Waals surface area contributed by atoms with Crippen LogP contribution < -0.4 is 9.13 Å². The lowest BCUT2D eigenvalue weighted by atomic mass is 9.71. The first-order valence-corrected chi connectivity index (χ1v) is 15.1. The molecule has 0 radical (unpaired) electrons. The Balaban J connectivity index is 1.47. The predicted molar refractivity (Wildman–Crippen MR) is 178 cm³/mol. The molecule has 5 nitrogen and oxygen atoms in total. The van der Waals surface area contributed by atoms with Gasteiger partial charge in [-0.05, 0) is 47.2 Å². The van der Waals surface area contributed by atoms with Gasteiger partial charge in [-0.25, -0.2) is 0 Å². The maximum absolute atomic E-state index is 7.61. The van der Waals surface area contributed by atoms with Crippen LogP contribution >= 0.6 is 0 Å². The van der Waals surface area contributed by atoms with Crippen molar-refractivity contribution in [2.24, 2.45) is 0 Å². The van der Waals surface area contributed by atoms with Crippen LogP contribution in [-0.2, 0) is 0 Å². The molecule has 0 amide bonds. The van der Waals surface area contributed by atoms with Crippen LogP contribution in [0.2, 0.25) is 0 Å². The highest BCUT2D eigenvalue weighted by molar-refractivity contribution is 6.69. The molecule has 0 fully saturated rings. The average molecular weight is 562 g/mol. The van der Waals surface area contributed by atoms with Gasteiger partial charge in [-0.1, -0.05) is 91.0 Å². The topological polar surface area (TPSA) is 35.9 Å². The minimum absolute atomic E-state index is 0.814. The Hall–Kier alpha value is -5.88. The number of nitrogens with zero attached hydrogens (tertiary/aromatic N) is 4. The third kappa shape index (κ3) is 2.48. The van der Waals surface area contributed by atoms with Crippen molar-refractivity contribution in [1.29, 1.82) is 0 Å². The second kappa shape index (κ2) is 7.74.